The number of nitrogens with one attached hydrogen (secondary N) is 1. The van der Waals surface area contributed by atoms with Crippen LogP contribution in [0.2, 0.25) is 0 Å². The maximum Gasteiger partial charge on any atom is 0.243 e. The molecule has 2 aromatic rings. The monoisotopic (exact) mass is 271 g/mol. The summed E-state index contributed by atoms with van der Waals surface area (Å²) in [6, 6.07) is 11.1. The van der Waals surface area contributed by atoms with E-state index in [4.69, 9.17) is 10.2 Å². The maximum atomic E-state index is 11.9. The van der Waals surface area contributed by atoms with Gasteiger partial charge in [0.05, 0.1) is 24.2 Å². The molecule has 1 aliphatic rings. The average molecular weight is 271 g/mol. The zero-order valence-corrected chi connectivity index (χ0v) is 11.2. The fraction of sp³-hybridized carbons (Fsp3) is 0.267. The average Bonchev–Trinajstić information content (AvgIpc) is 2.92. The highest BCUT2D eigenvalue weighted by molar-refractivity contribution is 6.01. The predicted octanol–water partition coefficient (Wildman–Crippen LogP) is 2.13. The van der Waals surface area contributed by atoms with Crippen molar-refractivity contribution in [3.63, 3.8) is 0 Å². The van der Waals surface area contributed by atoms with E-state index < -0.39 is 0 Å². The number of fused-ring (bicyclic) bond motifs is 1. The van der Waals surface area contributed by atoms with E-state index in [2.05, 4.69) is 5.32 Å². The third kappa shape index (κ3) is 2.16. The number of benzene rings is 1. The van der Waals surface area contributed by atoms with Crippen molar-refractivity contribution in [2.75, 3.05) is 16.8 Å². The largest absolute Gasteiger partial charge is 0.467 e. The molecule has 1 amide bonds. The molecule has 0 aliphatic carbocycles. The van der Waals surface area contributed by atoms with Gasteiger partial charge in [-0.3, -0.25) is 4.79 Å². The second kappa shape index (κ2) is 5.02. The number of hydrogen-bond acceptors (Lipinski definition) is 4. The highest BCUT2D eigenvalue weighted by Gasteiger charge is 2.32. The van der Waals surface area contributed by atoms with Crippen LogP contribution in [-0.2, 0) is 4.79 Å². The number of nitrogens with zero attached hydrogens (tertiary/aromatic N) is 1. The zero-order chi connectivity index (χ0) is 14.1. The zero-order valence-electron chi connectivity index (χ0n) is 11.2. The number of carbonyl (C=O) groups is 1. The molecule has 0 fully saturated rings. The summed E-state index contributed by atoms with van der Waals surface area (Å²) < 4.78 is 5.51. The topological polar surface area (TPSA) is 71.5 Å². The quantitative estimate of drug-likeness (QED) is 0.897. The highest BCUT2D eigenvalue weighted by atomic mass is 16.3. The molecule has 0 bridgehead atoms. The third-order valence-corrected chi connectivity index (χ3v) is 3.47. The van der Waals surface area contributed by atoms with E-state index in [-0.39, 0.29) is 24.5 Å². The molecular weight excluding hydrogens is 254 g/mol. The number of carbonyl (C=O) groups excluding carboxylic acids is 1. The van der Waals surface area contributed by atoms with Gasteiger partial charge in [-0.25, -0.2) is 0 Å². The van der Waals surface area contributed by atoms with Gasteiger partial charge in [-0.1, -0.05) is 12.1 Å². The first kappa shape index (κ1) is 12.7. The van der Waals surface area contributed by atoms with E-state index in [1.165, 1.54) is 0 Å². The van der Waals surface area contributed by atoms with E-state index >= 15 is 0 Å². The first-order valence-corrected chi connectivity index (χ1v) is 6.61. The second-order valence-electron chi connectivity index (χ2n) is 5.01. The summed E-state index contributed by atoms with van der Waals surface area (Å²) in [6.45, 7) is 2.19. The molecule has 0 saturated heterocycles. The highest BCUT2D eigenvalue weighted by Crippen LogP contribution is 2.36. The van der Waals surface area contributed by atoms with Gasteiger partial charge < -0.3 is 20.4 Å². The van der Waals surface area contributed by atoms with Gasteiger partial charge >= 0.3 is 0 Å². The first-order chi connectivity index (χ1) is 9.66. The molecule has 3 rings (SSSR count). The van der Waals surface area contributed by atoms with Gasteiger partial charge in [0.25, 0.3) is 0 Å². The standard InChI is InChI=1S/C15H17N3O2/c1-10(16)15(13-7-4-8-20-13)18-9-14(19)17-11-5-2-3-6-12(11)18/h2-8,10,15H,9,16H2,1H3,(H,17,19). The van der Waals surface area contributed by atoms with Crippen molar-refractivity contribution in [2.24, 2.45) is 5.73 Å². The van der Waals surface area contributed by atoms with Crippen LogP contribution >= 0.6 is 0 Å². The summed E-state index contributed by atoms with van der Waals surface area (Å²) >= 11 is 0. The van der Waals surface area contributed by atoms with Crippen LogP contribution in [-0.4, -0.2) is 18.5 Å². The van der Waals surface area contributed by atoms with Gasteiger partial charge in [0.15, 0.2) is 0 Å². The van der Waals surface area contributed by atoms with Crippen LogP contribution in [0.5, 0.6) is 0 Å². The lowest BCUT2D eigenvalue weighted by molar-refractivity contribution is -0.115. The fourth-order valence-electron chi connectivity index (χ4n) is 2.66. The number of nitrogens with two attached hydrogens (primary N) is 1. The number of anilines is 2. The van der Waals surface area contributed by atoms with Gasteiger partial charge in [-0.15, -0.1) is 0 Å². The number of para-hydroxylation sites is 2. The molecule has 5 nitrogen and oxygen atoms in total. The lowest BCUT2D eigenvalue weighted by Gasteiger charge is -2.38. The van der Waals surface area contributed by atoms with Crippen LogP contribution < -0.4 is 16.0 Å². The summed E-state index contributed by atoms with van der Waals surface area (Å²) in [6.07, 6.45) is 1.63. The number of rotatable bonds is 3. The smallest absolute Gasteiger partial charge is 0.243 e. The van der Waals surface area contributed by atoms with Crippen molar-refractivity contribution < 1.29 is 9.21 Å². The SMILES string of the molecule is CC(N)C(c1ccco1)N1CC(=O)Nc2ccccc21. The number of amides is 1. The van der Waals surface area contributed by atoms with E-state index in [1.807, 2.05) is 48.2 Å². The Morgan fingerprint density at radius 3 is 2.80 bits per heavy atom. The minimum Gasteiger partial charge on any atom is -0.467 e. The molecular formula is C15H17N3O2. The molecule has 20 heavy (non-hydrogen) atoms. The number of furan rings is 1. The summed E-state index contributed by atoms with van der Waals surface area (Å²) in [5, 5.41) is 2.88. The van der Waals surface area contributed by atoms with Gasteiger partial charge in [0, 0.05) is 6.04 Å². The molecule has 2 atom stereocenters. The van der Waals surface area contributed by atoms with Crippen LogP contribution in [0.4, 0.5) is 11.4 Å². The molecule has 104 valence electrons. The van der Waals surface area contributed by atoms with Gasteiger partial charge in [0.2, 0.25) is 5.91 Å². The van der Waals surface area contributed by atoms with Crippen molar-refractivity contribution >= 4 is 17.3 Å². The minimum absolute atomic E-state index is 0.0408. The Kier molecular flexibility index (Phi) is 3.20. The molecule has 0 radical (unpaired) electrons. The Morgan fingerprint density at radius 2 is 2.10 bits per heavy atom. The van der Waals surface area contributed by atoms with E-state index in [0.717, 1.165) is 17.1 Å². The molecule has 3 N–H and O–H groups in total. The van der Waals surface area contributed by atoms with Crippen molar-refractivity contribution in [2.45, 2.75) is 19.0 Å². The summed E-state index contributed by atoms with van der Waals surface area (Å²) in [7, 11) is 0. The van der Waals surface area contributed by atoms with Crippen LogP contribution in [0.1, 0.15) is 18.7 Å². The Labute approximate surface area is 117 Å². The van der Waals surface area contributed by atoms with Crippen LogP contribution in [0.15, 0.2) is 47.1 Å². The van der Waals surface area contributed by atoms with Crippen molar-refractivity contribution in [1.82, 2.24) is 0 Å². The molecule has 0 spiro atoms. The normalized spacial score (nSPS) is 17.3. The predicted molar refractivity (Wildman–Crippen MR) is 77.5 cm³/mol. The van der Waals surface area contributed by atoms with E-state index in [0.29, 0.717) is 0 Å². The van der Waals surface area contributed by atoms with Crippen LogP contribution in [0.25, 0.3) is 0 Å². The minimum atomic E-state index is -0.169. The van der Waals surface area contributed by atoms with Gasteiger partial charge in [-0.05, 0) is 31.2 Å². The molecule has 1 aliphatic heterocycles. The maximum absolute atomic E-state index is 11.9. The fourth-order valence-corrected chi connectivity index (χ4v) is 2.66. The van der Waals surface area contributed by atoms with Crippen LogP contribution in [0, 0.1) is 0 Å². The lowest BCUT2D eigenvalue weighted by Crippen LogP contribution is -2.46. The Bertz CT molecular complexity index is 607. The van der Waals surface area contributed by atoms with E-state index in [9.17, 15) is 4.79 Å². The molecule has 2 unspecified atom stereocenters. The van der Waals surface area contributed by atoms with Gasteiger partial charge in [-0.2, -0.15) is 0 Å². The molecule has 0 saturated carbocycles. The number of hydrogen-bond donors (Lipinski definition) is 2. The van der Waals surface area contributed by atoms with Gasteiger partial charge in [0.1, 0.15) is 11.8 Å². The first-order valence-electron chi connectivity index (χ1n) is 6.61. The second-order valence-corrected chi connectivity index (χ2v) is 5.01. The summed E-state index contributed by atoms with van der Waals surface area (Å²) in [5.74, 6) is 0.727. The Balaban J connectivity index is 2.06. The van der Waals surface area contributed by atoms with Crippen molar-refractivity contribution in [3.05, 3.63) is 48.4 Å². The molecule has 1 aromatic heterocycles. The van der Waals surface area contributed by atoms with E-state index in [1.54, 1.807) is 6.26 Å². The Hall–Kier alpha value is -2.27. The van der Waals surface area contributed by atoms with Crippen molar-refractivity contribution in [1.29, 1.82) is 0 Å². The van der Waals surface area contributed by atoms with Crippen molar-refractivity contribution in [3.8, 4) is 0 Å². The Morgan fingerprint density at radius 1 is 1.30 bits per heavy atom. The summed E-state index contributed by atoms with van der Waals surface area (Å²) in [5.41, 5.74) is 7.90. The lowest BCUT2D eigenvalue weighted by atomic mass is 10.0. The van der Waals surface area contributed by atoms with Crippen LogP contribution in [0.3, 0.4) is 0 Å². The molecule has 2 heterocycles. The molecule has 5 heteroatoms. The summed E-state index contributed by atoms with van der Waals surface area (Å²) in [4.78, 5) is 13.9. The molecule has 1 aromatic carbocycles. The third-order valence-electron chi connectivity index (χ3n) is 3.47.